The third-order valence-corrected chi connectivity index (χ3v) is 2.94. The molecule has 0 amide bonds. The van der Waals surface area contributed by atoms with Gasteiger partial charge in [-0.15, -0.1) is 0 Å². The maximum atomic E-state index is 10.8. The molecule has 0 aliphatic rings. The molecule has 0 aliphatic carbocycles. The van der Waals surface area contributed by atoms with Crippen molar-refractivity contribution in [1.29, 1.82) is 0 Å². The van der Waals surface area contributed by atoms with Crippen LogP contribution < -0.4 is 4.72 Å². The summed E-state index contributed by atoms with van der Waals surface area (Å²) < 4.78 is 24.1. The van der Waals surface area contributed by atoms with Crippen LogP contribution in [0.15, 0.2) is 24.3 Å². The summed E-state index contributed by atoms with van der Waals surface area (Å²) in [4.78, 5) is 0. The summed E-state index contributed by atoms with van der Waals surface area (Å²) in [6.45, 7) is 2.57. The molecule has 0 bridgehead atoms. The van der Waals surface area contributed by atoms with Gasteiger partial charge in [-0.25, -0.2) is 13.1 Å². The molecule has 0 atom stereocenters. The molecular weight excluding hydrogens is 210 g/mol. The second-order valence-electron chi connectivity index (χ2n) is 3.59. The molecule has 0 fully saturated rings. The Labute approximate surface area is 91.6 Å². The second kappa shape index (κ2) is 5.28. The minimum Gasteiger partial charge on any atom is -0.215 e. The zero-order valence-electron chi connectivity index (χ0n) is 9.16. The van der Waals surface area contributed by atoms with Crippen LogP contribution in [0.3, 0.4) is 0 Å². The Morgan fingerprint density at radius 2 is 1.67 bits per heavy atom. The predicted octanol–water partition coefficient (Wildman–Crippen LogP) is 1.34. The van der Waals surface area contributed by atoms with Crippen molar-refractivity contribution in [1.82, 2.24) is 4.72 Å². The van der Waals surface area contributed by atoms with E-state index >= 15 is 0 Å². The lowest BCUT2D eigenvalue weighted by atomic mass is 10.1. The fourth-order valence-corrected chi connectivity index (χ4v) is 1.80. The Balaban J connectivity index is 2.45. The molecule has 0 unspecified atom stereocenters. The van der Waals surface area contributed by atoms with E-state index in [9.17, 15) is 8.42 Å². The summed E-state index contributed by atoms with van der Waals surface area (Å²) in [6, 6.07) is 8.25. The number of benzene rings is 1. The van der Waals surface area contributed by atoms with Crippen molar-refractivity contribution in [3.63, 3.8) is 0 Å². The average molecular weight is 227 g/mol. The van der Waals surface area contributed by atoms with Gasteiger partial charge in [0, 0.05) is 6.54 Å². The van der Waals surface area contributed by atoms with Crippen molar-refractivity contribution < 1.29 is 8.42 Å². The first kappa shape index (κ1) is 12.2. The van der Waals surface area contributed by atoms with E-state index < -0.39 is 10.0 Å². The normalized spacial score (nSPS) is 11.6. The summed E-state index contributed by atoms with van der Waals surface area (Å²) in [5, 5.41) is 0. The van der Waals surface area contributed by atoms with Gasteiger partial charge in [-0.1, -0.05) is 31.2 Å². The smallest absolute Gasteiger partial charge is 0.208 e. The highest BCUT2D eigenvalue weighted by Crippen LogP contribution is 2.05. The molecule has 4 heteroatoms. The molecule has 15 heavy (non-hydrogen) atoms. The van der Waals surface area contributed by atoms with Crippen LogP contribution in [0.1, 0.15) is 18.1 Å². The fourth-order valence-electron chi connectivity index (χ4n) is 1.32. The molecule has 0 saturated carbocycles. The van der Waals surface area contributed by atoms with Crippen molar-refractivity contribution in [3.05, 3.63) is 35.4 Å². The first-order chi connectivity index (χ1) is 7.01. The van der Waals surface area contributed by atoms with Gasteiger partial charge in [-0.3, -0.25) is 0 Å². The van der Waals surface area contributed by atoms with Crippen LogP contribution in [-0.2, 0) is 22.9 Å². The number of aryl methyl sites for hydroxylation is 1. The number of nitrogens with one attached hydrogen (secondary N) is 1. The highest BCUT2D eigenvalue weighted by Gasteiger charge is 1.99. The Kier molecular flexibility index (Phi) is 4.29. The Bertz CT molecular complexity index is 395. The van der Waals surface area contributed by atoms with E-state index in [0.29, 0.717) is 6.54 Å². The van der Waals surface area contributed by atoms with E-state index in [1.807, 2.05) is 12.1 Å². The molecule has 1 N–H and O–H groups in total. The molecule has 0 heterocycles. The van der Waals surface area contributed by atoms with Crippen LogP contribution in [-0.4, -0.2) is 21.2 Å². The molecule has 84 valence electrons. The van der Waals surface area contributed by atoms with Gasteiger partial charge in [0.15, 0.2) is 0 Å². The molecular formula is C11H17NO2S. The molecule has 1 aromatic rings. The Hall–Kier alpha value is -0.870. The quantitative estimate of drug-likeness (QED) is 0.825. The van der Waals surface area contributed by atoms with Crippen LogP contribution in [0.25, 0.3) is 0 Å². The van der Waals surface area contributed by atoms with Gasteiger partial charge >= 0.3 is 0 Å². The molecule has 0 aromatic heterocycles. The third-order valence-electron chi connectivity index (χ3n) is 2.21. The lowest BCUT2D eigenvalue weighted by molar-refractivity contribution is 0.588. The SMILES string of the molecule is CCc1ccc(CCNS(C)(=O)=O)cc1. The number of sulfonamides is 1. The van der Waals surface area contributed by atoms with E-state index in [2.05, 4.69) is 23.8 Å². The third kappa shape index (κ3) is 4.95. The molecule has 0 spiro atoms. The van der Waals surface area contributed by atoms with Gasteiger partial charge in [0.05, 0.1) is 6.26 Å². The van der Waals surface area contributed by atoms with Gasteiger partial charge in [-0.05, 0) is 24.0 Å². The first-order valence-electron chi connectivity index (χ1n) is 5.03. The zero-order valence-corrected chi connectivity index (χ0v) is 9.97. The van der Waals surface area contributed by atoms with Gasteiger partial charge in [0.1, 0.15) is 0 Å². The zero-order chi connectivity index (χ0) is 11.3. The average Bonchev–Trinajstić information content (AvgIpc) is 2.17. The highest BCUT2D eigenvalue weighted by molar-refractivity contribution is 7.88. The minimum atomic E-state index is -3.06. The Morgan fingerprint density at radius 3 is 2.13 bits per heavy atom. The van der Waals surface area contributed by atoms with Crippen molar-refractivity contribution in [2.75, 3.05) is 12.8 Å². The van der Waals surface area contributed by atoms with Crippen molar-refractivity contribution >= 4 is 10.0 Å². The number of hydrogen-bond acceptors (Lipinski definition) is 2. The standard InChI is InChI=1S/C11H17NO2S/c1-3-10-4-6-11(7-5-10)8-9-12-15(2,13)14/h4-7,12H,3,8-9H2,1-2H3. The highest BCUT2D eigenvalue weighted by atomic mass is 32.2. The maximum absolute atomic E-state index is 10.8. The van der Waals surface area contributed by atoms with Crippen molar-refractivity contribution in [2.24, 2.45) is 0 Å². The van der Waals surface area contributed by atoms with Crippen molar-refractivity contribution in [3.8, 4) is 0 Å². The van der Waals surface area contributed by atoms with E-state index in [4.69, 9.17) is 0 Å². The first-order valence-corrected chi connectivity index (χ1v) is 6.93. The second-order valence-corrected chi connectivity index (χ2v) is 5.42. The summed E-state index contributed by atoms with van der Waals surface area (Å²) in [5.41, 5.74) is 2.46. The topological polar surface area (TPSA) is 46.2 Å². The maximum Gasteiger partial charge on any atom is 0.208 e. The monoisotopic (exact) mass is 227 g/mol. The van der Waals surface area contributed by atoms with Gasteiger partial charge in [-0.2, -0.15) is 0 Å². The fraction of sp³-hybridized carbons (Fsp3) is 0.455. The van der Waals surface area contributed by atoms with Crippen LogP contribution >= 0.6 is 0 Å². The van der Waals surface area contributed by atoms with Gasteiger partial charge in [0.2, 0.25) is 10.0 Å². The minimum absolute atomic E-state index is 0.463. The largest absolute Gasteiger partial charge is 0.215 e. The molecule has 0 aliphatic heterocycles. The van der Waals surface area contributed by atoms with E-state index in [1.54, 1.807) is 0 Å². The van der Waals surface area contributed by atoms with Crippen LogP contribution in [0.4, 0.5) is 0 Å². The van der Waals surface area contributed by atoms with Crippen LogP contribution in [0, 0.1) is 0 Å². The number of hydrogen-bond donors (Lipinski definition) is 1. The molecule has 0 radical (unpaired) electrons. The van der Waals surface area contributed by atoms with Gasteiger partial charge < -0.3 is 0 Å². The van der Waals surface area contributed by atoms with Crippen LogP contribution in [0.5, 0.6) is 0 Å². The van der Waals surface area contributed by atoms with E-state index in [1.165, 1.54) is 11.8 Å². The lowest BCUT2D eigenvalue weighted by Gasteiger charge is -2.03. The summed E-state index contributed by atoms with van der Waals surface area (Å²) in [5.74, 6) is 0. The van der Waals surface area contributed by atoms with Crippen LogP contribution in [0.2, 0.25) is 0 Å². The van der Waals surface area contributed by atoms with Gasteiger partial charge in [0.25, 0.3) is 0 Å². The lowest BCUT2D eigenvalue weighted by Crippen LogP contribution is -2.24. The predicted molar refractivity (Wildman–Crippen MR) is 62.4 cm³/mol. The number of rotatable bonds is 5. The summed E-state index contributed by atoms with van der Waals surface area (Å²) in [6.07, 6.45) is 2.94. The molecule has 1 aromatic carbocycles. The van der Waals surface area contributed by atoms with Crippen molar-refractivity contribution in [2.45, 2.75) is 19.8 Å². The Morgan fingerprint density at radius 1 is 1.13 bits per heavy atom. The summed E-state index contributed by atoms with van der Waals surface area (Å²) in [7, 11) is -3.06. The molecule has 3 nitrogen and oxygen atoms in total. The molecule has 0 saturated heterocycles. The van der Waals surface area contributed by atoms with E-state index in [0.717, 1.165) is 18.4 Å². The molecule has 1 rings (SSSR count). The summed E-state index contributed by atoms with van der Waals surface area (Å²) >= 11 is 0. The van der Waals surface area contributed by atoms with E-state index in [-0.39, 0.29) is 0 Å².